The van der Waals surface area contributed by atoms with Crippen LogP contribution in [0.15, 0.2) is 4.42 Å². The zero-order valence-electron chi connectivity index (χ0n) is 11.5. The fourth-order valence-corrected chi connectivity index (χ4v) is 1.53. The predicted molar refractivity (Wildman–Crippen MR) is 68.9 cm³/mol. The van der Waals surface area contributed by atoms with E-state index in [4.69, 9.17) is 4.42 Å². The minimum atomic E-state index is 0.541. The van der Waals surface area contributed by atoms with E-state index in [1.807, 2.05) is 0 Å². The van der Waals surface area contributed by atoms with Gasteiger partial charge in [-0.1, -0.05) is 27.7 Å². The summed E-state index contributed by atoms with van der Waals surface area (Å²) in [6.07, 6.45) is 3.92. The first kappa shape index (κ1) is 14.2. The third kappa shape index (κ3) is 6.41. The van der Waals surface area contributed by atoms with Gasteiger partial charge in [0.1, 0.15) is 0 Å². The number of nitrogens with zero attached hydrogens (tertiary/aromatic N) is 2. The molecule has 0 bridgehead atoms. The summed E-state index contributed by atoms with van der Waals surface area (Å²) < 4.78 is 5.59. The van der Waals surface area contributed by atoms with E-state index in [1.54, 1.807) is 0 Å². The van der Waals surface area contributed by atoms with Crippen LogP contribution in [-0.2, 0) is 12.8 Å². The van der Waals surface area contributed by atoms with Crippen LogP contribution in [0.5, 0.6) is 0 Å². The van der Waals surface area contributed by atoms with E-state index in [2.05, 4.69) is 43.2 Å². The highest BCUT2D eigenvalue weighted by Crippen LogP contribution is 2.08. The quantitative estimate of drug-likeness (QED) is 0.708. The Hall–Kier alpha value is -0.900. The fraction of sp³-hybridized carbons (Fsp3) is 0.846. The Morgan fingerprint density at radius 1 is 1.06 bits per heavy atom. The van der Waals surface area contributed by atoms with Crippen molar-refractivity contribution in [1.29, 1.82) is 0 Å². The molecule has 4 heteroatoms. The van der Waals surface area contributed by atoms with Crippen molar-refractivity contribution < 1.29 is 4.42 Å². The first-order chi connectivity index (χ1) is 8.08. The van der Waals surface area contributed by atoms with Crippen molar-refractivity contribution in [2.75, 3.05) is 6.54 Å². The SMILES string of the molecule is CC(C)CCc1nnc(CCCNC(C)C)o1. The maximum Gasteiger partial charge on any atom is 0.216 e. The molecular weight excluding hydrogens is 214 g/mol. The van der Waals surface area contributed by atoms with E-state index in [9.17, 15) is 0 Å². The lowest BCUT2D eigenvalue weighted by atomic mass is 10.1. The molecular formula is C13H25N3O. The Morgan fingerprint density at radius 2 is 1.71 bits per heavy atom. The summed E-state index contributed by atoms with van der Waals surface area (Å²) in [6, 6.07) is 0.541. The highest BCUT2D eigenvalue weighted by Gasteiger charge is 2.06. The fourth-order valence-electron chi connectivity index (χ4n) is 1.53. The highest BCUT2D eigenvalue weighted by molar-refractivity contribution is 4.82. The van der Waals surface area contributed by atoms with Crippen molar-refractivity contribution in [2.24, 2.45) is 5.92 Å². The summed E-state index contributed by atoms with van der Waals surface area (Å²) in [7, 11) is 0. The van der Waals surface area contributed by atoms with Gasteiger partial charge in [0.15, 0.2) is 0 Å². The molecule has 0 unspecified atom stereocenters. The van der Waals surface area contributed by atoms with Gasteiger partial charge >= 0.3 is 0 Å². The summed E-state index contributed by atoms with van der Waals surface area (Å²) in [5, 5.41) is 11.5. The number of hydrogen-bond acceptors (Lipinski definition) is 4. The number of nitrogens with one attached hydrogen (secondary N) is 1. The predicted octanol–water partition coefficient (Wildman–Crippen LogP) is 2.59. The zero-order chi connectivity index (χ0) is 12.7. The van der Waals surface area contributed by atoms with Crippen LogP contribution < -0.4 is 5.32 Å². The van der Waals surface area contributed by atoms with Crippen LogP contribution in [0.2, 0.25) is 0 Å². The topological polar surface area (TPSA) is 51.0 Å². The number of aryl methyl sites for hydroxylation is 2. The molecule has 1 aromatic rings. The van der Waals surface area contributed by atoms with Crippen LogP contribution in [0.4, 0.5) is 0 Å². The van der Waals surface area contributed by atoms with Gasteiger partial charge in [-0.25, -0.2) is 0 Å². The third-order valence-electron chi connectivity index (χ3n) is 2.56. The smallest absolute Gasteiger partial charge is 0.216 e. The van der Waals surface area contributed by atoms with Gasteiger partial charge in [0.2, 0.25) is 11.8 Å². The Morgan fingerprint density at radius 3 is 2.29 bits per heavy atom. The standard InChI is InChI=1S/C13H25N3O/c1-10(2)7-8-13-16-15-12(17-13)6-5-9-14-11(3)4/h10-11,14H,5-9H2,1-4H3. The molecule has 0 spiro atoms. The first-order valence-corrected chi connectivity index (χ1v) is 6.62. The second kappa shape index (κ2) is 7.43. The van der Waals surface area contributed by atoms with Crippen LogP contribution >= 0.6 is 0 Å². The van der Waals surface area contributed by atoms with Crippen LogP contribution in [-0.4, -0.2) is 22.8 Å². The van der Waals surface area contributed by atoms with Crippen molar-refractivity contribution in [3.05, 3.63) is 11.8 Å². The van der Waals surface area contributed by atoms with E-state index >= 15 is 0 Å². The maximum atomic E-state index is 5.59. The van der Waals surface area contributed by atoms with Gasteiger partial charge in [-0.05, 0) is 25.3 Å². The van der Waals surface area contributed by atoms with E-state index in [0.717, 1.165) is 44.0 Å². The van der Waals surface area contributed by atoms with Crippen molar-refractivity contribution in [3.8, 4) is 0 Å². The van der Waals surface area contributed by atoms with Crippen LogP contribution in [0, 0.1) is 5.92 Å². The summed E-state index contributed by atoms with van der Waals surface area (Å²) in [5.74, 6) is 2.24. The average molecular weight is 239 g/mol. The molecule has 0 saturated heterocycles. The van der Waals surface area contributed by atoms with Crippen molar-refractivity contribution in [1.82, 2.24) is 15.5 Å². The van der Waals surface area contributed by atoms with Gasteiger partial charge in [0.25, 0.3) is 0 Å². The molecule has 0 saturated carbocycles. The van der Waals surface area contributed by atoms with Gasteiger partial charge in [-0.2, -0.15) is 0 Å². The Kier molecular flexibility index (Phi) is 6.19. The van der Waals surface area contributed by atoms with Crippen molar-refractivity contribution in [2.45, 2.75) is 59.4 Å². The number of aromatic nitrogens is 2. The lowest BCUT2D eigenvalue weighted by Gasteiger charge is -2.05. The molecule has 4 nitrogen and oxygen atoms in total. The van der Waals surface area contributed by atoms with Gasteiger partial charge in [0.05, 0.1) is 0 Å². The van der Waals surface area contributed by atoms with Gasteiger partial charge < -0.3 is 9.73 Å². The zero-order valence-corrected chi connectivity index (χ0v) is 11.5. The average Bonchev–Trinajstić information content (AvgIpc) is 2.69. The molecule has 1 N–H and O–H groups in total. The Bertz CT molecular complexity index is 307. The summed E-state index contributed by atoms with van der Waals surface area (Å²) in [5.41, 5.74) is 0. The molecule has 1 rings (SSSR count). The number of rotatable bonds is 8. The molecule has 0 fully saturated rings. The molecule has 0 aromatic carbocycles. The molecule has 0 atom stereocenters. The lowest BCUT2D eigenvalue weighted by Crippen LogP contribution is -2.23. The van der Waals surface area contributed by atoms with E-state index in [0.29, 0.717) is 12.0 Å². The van der Waals surface area contributed by atoms with E-state index in [1.165, 1.54) is 0 Å². The first-order valence-electron chi connectivity index (χ1n) is 6.62. The molecule has 1 heterocycles. The van der Waals surface area contributed by atoms with Gasteiger partial charge in [0, 0.05) is 18.9 Å². The van der Waals surface area contributed by atoms with Crippen LogP contribution in [0.1, 0.15) is 52.3 Å². The monoisotopic (exact) mass is 239 g/mol. The lowest BCUT2D eigenvalue weighted by molar-refractivity contribution is 0.423. The summed E-state index contributed by atoms with van der Waals surface area (Å²) in [4.78, 5) is 0. The summed E-state index contributed by atoms with van der Waals surface area (Å²) >= 11 is 0. The third-order valence-corrected chi connectivity index (χ3v) is 2.56. The minimum Gasteiger partial charge on any atom is -0.425 e. The van der Waals surface area contributed by atoms with Crippen molar-refractivity contribution >= 4 is 0 Å². The van der Waals surface area contributed by atoms with Gasteiger partial charge in [-0.15, -0.1) is 10.2 Å². The Balaban J connectivity index is 2.21. The molecule has 0 aliphatic carbocycles. The normalized spacial score (nSPS) is 11.6. The van der Waals surface area contributed by atoms with E-state index < -0.39 is 0 Å². The maximum absolute atomic E-state index is 5.59. The Labute approximate surface area is 104 Å². The molecule has 98 valence electrons. The largest absolute Gasteiger partial charge is 0.425 e. The molecule has 0 aliphatic rings. The highest BCUT2D eigenvalue weighted by atomic mass is 16.4. The second-order valence-electron chi connectivity index (χ2n) is 5.23. The molecule has 17 heavy (non-hydrogen) atoms. The molecule has 0 amide bonds. The summed E-state index contributed by atoms with van der Waals surface area (Å²) in [6.45, 7) is 9.71. The van der Waals surface area contributed by atoms with Crippen LogP contribution in [0.3, 0.4) is 0 Å². The second-order valence-corrected chi connectivity index (χ2v) is 5.23. The van der Waals surface area contributed by atoms with Gasteiger partial charge in [-0.3, -0.25) is 0 Å². The van der Waals surface area contributed by atoms with E-state index in [-0.39, 0.29) is 0 Å². The van der Waals surface area contributed by atoms with Crippen LogP contribution in [0.25, 0.3) is 0 Å². The minimum absolute atomic E-state index is 0.541. The molecule has 0 radical (unpaired) electrons. The molecule has 1 aromatic heterocycles. The van der Waals surface area contributed by atoms with Crippen molar-refractivity contribution in [3.63, 3.8) is 0 Å². The number of hydrogen-bond donors (Lipinski definition) is 1. The molecule has 0 aliphatic heterocycles.